The van der Waals surface area contributed by atoms with Crippen LogP contribution in [0, 0.1) is 11.6 Å². The average molecular weight is 274 g/mol. The predicted molar refractivity (Wildman–Crippen MR) is 68.5 cm³/mol. The fourth-order valence-electron chi connectivity index (χ4n) is 2.00. The number of rotatable bonds is 2. The summed E-state index contributed by atoms with van der Waals surface area (Å²) in [5.41, 5.74) is 0.456. The number of carboxylic acid groups (broad SMARTS) is 1. The zero-order valence-corrected chi connectivity index (χ0v) is 10.1. The van der Waals surface area contributed by atoms with Gasteiger partial charge >= 0.3 is 5.97 Å². The zero-order chi connectivity index (χ0) is 14.3. The molecule has 1 aromatic heterocycles. The molecule has 3 aromatic rings. The summed E-state index contributed by atoms with van der Waals surface area (Å²) in [5.74, 6) is -2.21. The van der Waals surface area contributed by atoms with Crippen LogP contribution in [0.4, 0.5) is 8.78 Å². The molecule has 0 fully saturated rings. The maximum Gasteiger partial charge on any atom is 0.338 e. The van der Waals surface area contributed by atoms with E-state index in [1.165, 1.54) is 30.3 Å². The molecule has 0 aliphatic heterocycles. The smallest absolute Gasteiger partial charge is 0.338 e. The van der Waals surface area contributed by atoms with Crippen LogP contribution in [-0.2, 0) is 0 Å². The number of halogens is 2. The average Bonchev–Trinajstić information content (AvgIpc) is 2.81. The number of carbonyl (C=O) groups is 1. The molecule has 0 unspecified atom stereocenters. The van der Waals surface area contributed by atoms with Crippen LogP contribution in [0.15, 0.2) is 46.9 Å². The molecule has 0 atom stereocenters. The summed E-state index contributed by atoms with van der Waals surface area (Å²) in [7, 11) is 0. The Morgan fingerprint density at radius 2 is 1.85 bits per heavy atom. The second-order valence-corrected chi connectivity index (χ2v) is 4.29. The first-order valence-corrected chi connectivity index (χ1v) is 5.77. The van der Waals surface area contributed by atoms with E-state index >= 15 is 0 Å². The number of fused-ring (bicyclic) bond motifs is 1. The van der Waals surface area contributed by atoms with Crippen LogP contribution in [0.2, 0.25) is 0 Å². The summed E-state index contributed by atoms with van der Waals surface area (Å²) in [6.07, 6.45) is 0. The molecule has 1 heterocycles. The quantitative estimate of drug-likeness (QED) is 0.766. The molecule has 0 bridgehead atoms. The van der Waals surface area contributed by atoms with Gasteiger partial charge in [-0.1, -0.05) is 0 Å². The third kappa shape index (κ3) is 2.03. The van der Waals surface area contributed by atoms with Gasteiger partial charge in [0.1, 0.15) is 23.0 Å². The Labute approximate surface area is 112 Å². The van der Waals surface area contributed by atoms with E-state index in [0.29, 0.717) is 22.3 Å². The molecule has 0 amide bonds. The minimum Gasteiger partial charge on any atom is -0.478 e. The van der Waals surface area contributed by atoms with Crippen molar-refractivity contribution in [2.45, 2.75) is 0 Å². The van der Waals surface area contributed by atoms with Crippen LogP contribution >= 0.6 is 0 Å². The molecule has 1 N–H and O–H groups in total. The summed E-state index contributed by atoms with van der Waals surface area (Å²) in [5, 5.41) is 9.45. The van der Waals surface area contributed by atoms with Crippen LogP contribution in [0.3, 0.4) is 0 Å². The van der Waals surface area contributed by atoms with E-state index < -0.39 is 23.2 Å². The minimum absolute atomic E-state index is 0.355. The fraction of sp³-hybridized carbons (Fsp3) is 0. The molecule has 0 radical (unpaired) electrons. The molecule has 3 rings (SSSR count). The maximum absolute atomic E-state index is 13.3. The molecule has 0 spiro atoms. The fourth-order valence-corrected chi connectivity index (χ4v) is 2.00. The monoisotopic (exact) mass is 274 g/mol. The van der Waals surface area contributed by atoms with Crippen molar-refractivity contribution in [3.05, 3.63) is 59.7 Å². The molecule has 0 saturated heterocycles. The predicted octanol–water partition coefficient (Wildman–Crippen LogP) is 4.08. The normalized spacial score (nSPS) is 10.9. The van der Waals surface area contributed by atoms with Crippen LogP contribution in [0.1, 0.15) is 10.4 Å². The Bertz CT molecular complexity index is 821. The van der Waals surface area contributed by atoms with Crippen molar-refractivity contribution in [1.82, 2.24) is 0 Å². The zero-order valence-electron chi connectivity index (χ0n) is 10.1. The van der Waals surface area contributed by atoms with Gasteiger partial charge in [-0.05, 0) is 42.5 Å². The molecular weight excluding hydrogens is 266 g/mol. The van der Waals surface area contributed by atoms with Gasteiger partial charge in [0.25, 0.3) is 0 Å². The van der Waals surface area contributed by atoms with Gasteiger partial charge in [0.2, 0.25) is 0 Å². The number of aromatic carboxylic acids is 1. The molecule has 0 aliphatic carbocycles. The number of hydrogen-bond acceptors (Lipinski definition) is 2. The summed E-state index contributed by atoms with van der Waals surface area (Å²) in [4.78, 5) is 10.9. The second-order valence-electron chi connectivity index (χ2n) is 4.29. The Hall–Kier alpha value is -2.69. The molecule has 2 aromatic carbocycles. The van der Waals surface area contributed by atoms with Crippen molar-refractivity contribution in [2.75, 3.05) is 0 Å². The first-order chi connectivity index (χ1) is 9.54. The largest absolute Gasteiger partial charge is 0.478 e. The van der Waals surface area contributed by atoms with E-state index in [2.05, 4.69) is 0 Å². The minimum atomic E-state index is -1.36. The van der Waals surface area contributed by atoms with Gasteiger partial charge in [0.05, 0.1) is 5.56 Å². The summed E-state index contributed by atoms with van der Waals surface area (Å²) >= 11 is 0. The highest BCUT2D eigenvalue weighted by molar-refractivity contribution is 5.90. The van der Waals surface area contributed by atoms with Gasteiger partial charge in [-0.2, -0.15) is 0 Å². The van der Waals surface area contributed by atoms with E-state index in [0.717, 1.165) is 6.07 Å². The Morgan fingerprint density at radius 1 is 1.05 bits per heavy atom. The van der Waals surface area contributed by atoms with Gasteiger partial charge in [-0.25, -0.2) is 13.6 Å². The Kier molecular flexibility index (Phi) is 2.75. The number of hydrogen-bond donors (Lipinski definition) is 1. The lowest BCUT2D eigenvalue weighted by atomic mass is 10.1. The standard InChI is InChI=1S/C15H8F2O3/c16-10-2-4-13-9(5-10)7-14(20-13)8-1-3-12(17)11(6-8)15(18)19/h1-7H,(H,18,19). The number of furan rings is 1. The van der Waals surface area contributed by atoms with Crippen molar-refractivity contribution in [3.8, 4) is 11.3 Å². The molecule has 100 valence electrons. The van der Waals surface area contributed by atoms with E-state index in [1.807, 2.05) is 0 Å². The van der Waals surface area contributed by atoms with E-state index in [1.54, 1.807) is 6.07 Å². The van der Waals surface area contributed by atoms with Crippen LogP contribution in [0.5, 0.6) is 0 Å². The molecular formula is C15H8F2O3. The van der Waals surface area contributed by atoms with Gasteiger partial charge in [0.15, 0.2) is 0 Å². The third-order valence-electron chi connectivity index (χ3n) is 2.96. The first kappa shape index (κ1) is 12.3. The third-order valence-corrected chi connectivity index (χ3v) is 2.96. The SMILES string of the molecule is O=C(O)c1cc(-c2cc3cc(F)ccc3o2)ccc1F. The van der Waals surface area contributed by atoms with Crippen molar-refractivity contribution in [2.24, 2.45) is 0 Å². The van der Waals surface area contributed by atoms with Gasteiger partial charge in [-0.15, -0.1) is 0 Å². The van der Waals surface area contributed by atoms with Crippen molar-refractivity contribution < 1.29 is 23.1 Å². The highest BCUT2D eigenvalue weighted by atomic mass is 19.1. The summed E-state index contributed by atoms with van der Waals surface area (Å²) < 4.78 is 31.9. The number of carboxylic acids is 1. The molecule has 20 heavy (non-hydrogen) atoms. The lowest BCUT2D eigenvalue weighted by Gasteiger charge is -2.00. The Morgan fingerprint density at radius 3 is 2.60 bits per heavy atom. The molecule has 0 saturated carbocycles. The van der Waals surface area contributed by atoms with Gasteiger partial charge in [-0.3, -0.25) is 0 Å². The van der Waals surface area contributed by atoms with E-state index in [-0.39, 0.29) is 0 Å². The summed E-state index contributed by atoms with van der Waals surface area (Å²) in [6, 6.07) is 9.30. The Balaban J connectivity index is 2.15. The molecule has 0 aliphatic rings. The van der Waals surface area contributed by atoms with E-state index in [4.69, 9.17) is 9.52 Å². The highest BCUT2D eigenvalue weighted by Gasteiger charge is 2.14. The first-order valence-electron chi connectivity index (χ1n) is 5.77. The maximum atomic E-state index is 13.3. The van der Waals surface area contributed by atoms with Gasteiger partial charge < -0.3 is 9.52 Å². The lowest BCUT2D eigenvalue weighted by Crippen LogP contribution is -2.00. The summed E-state index contributed by atoms with van der Waals surface area (Å²) in [6.45, 7) is 0. The van der Waals surface area contributed by atoms with Gasteiger partial charge in [0, 0.05) is 10.9 Å². The van der Waals surface area contributed by atoms with Crippen LogP contribution in [-0.4, -0.2) is 11.1 Å². The lowest BCUT2D eigenvalue weighted by molar-refractivity contribution is 0.0692. The van der Waals surface area contributed by atoms with Crippen molar-refractivity contribution in [3.63, 3.8) is 0 Å². The van der Waals surface area contributed by atoms with Crippen molar-refractivity contribution >= 4 is 16.9 Å². The van der Waals surface area contributed by atoms with Crippen molar-refractivity contribution in [1.29, 1.82) is 0 Å². The molecule has 5 heteroatoms. The second kappa shape index (κ2) is 4.45. The van der Waals surface area contributed by atoms with Crippen LogP contribution in [0.25, 0.3) is 22.3 Å². The van der Waals surface area contributed by atoms with E-state index in [9.17, 15) is 13.6 Å². The van der Waals surface area contributed by atoms with Crippen LogP contribution < -0.4 is 0 Å². The molecule has 3 nitrogen and oxygen atoms in total. The topological polar surface area (TPSA) is 50.4 Å². The number of benzene rings is 2. The highest BCUT2D eigenvalue weighted by Crippen LogP contribution is 2.29.